The summed E-state index contributed by atoms with van der Waals surface area (Å²) in [5.41, 5.74) is 1.90. The van der Waals surface area contributed by atoms with Gasteiger partial charge in [0.2, 0.25) is 0 Å². The standard InChI is InChI=1S/C24H17F3N2O/c1-15-5-4-6-19(23(15)24(25,26)27)21-14-29(17-8-10-18(30-3)11-9-17)22-12-7-16(28-2)13-20(21)22/h4-14H,1,3H3. The Kier molecular flexibility index (Phi) is 4.75. The Morgan fingerprint density at radius 3 is 2.33 bits per heavy atom. The smallest absolute Gasteiger partial charge is 0.417 e. The van der Waals surface area contributed by atoms with Crippen molar-refractivity contribution in [1.82, 2.24) is 4.57 Å². The van der Waals surface area contributed by atoms with E-state index in [1.165, 1.54) is 19.1 Å². The molecule has 4 aromatic rings. The maximum absolute atomic E-state index is 13.9. The molecule has 4 rings (SSSR count). The minimum absolute atomic E-state index is 0.0990. The first-order valence-electron chi connectivity index (χ1n) is 9.17. The third-order valence-electron chi connectivity index (χ3n) is 5.11. The zero-order valence-electron chi connectivity index (χ0n) is 16.3. The number of fused-ring (bicyclic) bond motifs is 1. The number of aromatic nitrogens is 1. The van der Waals surface area contributed by atoms with Crippen LogP contribution in [0, 0.1) is 13.5 Å². The number of ether oxygens (including phenoxy) is 1. The molecular weight excluding hydrogens is 389 g/mol. The van der Waals surface area contributed by atoms with Crippen LogP contribution < -0.4 is 4.74 Å². The molecule has 0 radical (unpaired) electrons. The van der Waals surface area contributed by atoms with Crippen molar-refractivity contribution in [3.8, 4) is 22.6 Å². The van der Waals surface area contributed by atoms with E-state index in [0.29, 0.717) is 22.4 Å². The maximum Gasteiger partial charge on any atom is 0.417 e. The third kappa shape index (κ3) is 3.29. The summed E-state index contributed by atoms with van der Waals surface area (Å²) < 4.78 is 48.7. The van der Waals surface area contributed by atoms with E-state index in [9.17, 15) is 13.2 Å². The van der Waals surface area contributed by atoms with Gasteiger partial charge >= 0.3 is 6.18 Å². The number of hydrogen-bond acceptors (Lipinski definition) is 1. The van der Waals surface area contributed by atoms with Gasteiger partial charge < -0.3 is 9.30 Å². The largest absolute Gasteiger partial charge is 0.497 e. The number of alkyl halides is 3. The van der Waals surface area contributed by atoms with E-state index in [2.05, 4.69) is 4.85 Å². The number of halogens is 3. The lowest BCUT2D eigenvalue weighted by atomic mass is 9.95. The highest BCUT2D eigenvalue weighted by Crippen LogP contribution is 2.43. The molecule has 0 saturated carbocycles. The van der Waals surface area contributed by atoms with Crippen LogP contribution in [0.25, 0.3) is 32.6 Å². The fourth-order valence-corrected chi connectivity index (χ4v) is 3.73. The van der Waals surface area contributed by atoms with Crippen LogP contribution in [0.2, 0.25) is 0 Å². The number of benzene rings is 3. The average Bonchev–Trinajstić information content (AvgIpc) is 3.11. The van der Waals surface area contributed by atoms with E-state index in [-0.39, 0.29) is 11.1 Å². The lowest BCUT2D eigenvalue weighted by Crippen LogP contribution is -2.09. The highest BCUT2D eigenvalue weighted by molar-refractivity contribution is 6.00. The molecule has 3 aromatic carbocycles. The minimum Gasteiger partial charge on any atom is -0.497 e. The van der Waals surface area contributed by atoms with Gasteiger partial charge in [0.25, 0.3) is 0 Å². The molecule has 0 aliphatic heterocycles. The van der Waals surface area contributed by atoms with Crippen molar-refractivity contribution in [3.05, 3.63) is 89.4 Å². The predicted octanol–water partition coefficient (Wildman–Crippen LogP) is 7.18. The fraction of sp³-hybridized carbons (Fsp3) is 0.125. The Balaban J connectivity index is 2.04. The molecule has 1 aromatic heterocycles. The summed E-state index contributed by atoms with van der Waals surface area (Å²) >= 11 is 0. The zero-order valence-corrected chi connectivity index (χ0v) is 16.3. The molecule has 6 heteroatoms. The Hall–Kier alpha value is -3.72. The average molecular weight is 406 g/mol. The van der Waals surface area contributed by atoms with E-state index in [1.807, 2.05) is 16.7 Å². The summed E-state index contributed by atoms with van der Waals surface area (Å²) in [4.78, 5) is 3.45. The third-order valence-corrected chi connectivity index (χ3v) is 5.11. The predicted molar refractivity (Wildman–Crippen MR) is 111 cm³/mol. The lowest BCUT2D eigenvalue weighted by molar-refractivity contribution is -0.137. The molecule has 0 aliphatic carbocycles. The summed E-state index contributed by atoms with van der Waals surface area (Å²) in [7, 11) is 1.57. The van der Waals surface area contributed by atoms with Gasteiger partial charge in [-0.15, -0.1) is 0 Å². The monoisotopic (exact) mass is 406 g/mol. The van der Waals surface area contributed by atoms with Gasteiger partial charge in [0.15, 0.2) is 5.69 Å². The maximum atomic E-state index is 13.9. The van der Waals surface area contributed by atoms with Gasteiger partial charge in [0.05, 0.1) is 24.8 Å². The molecule has 0 aliphatic rings. The van der Waals surface area contributed by atoms with Crippen LogP contribution in [0.15, 0.2) is 66.9 Å². The molecule has 0 spiro atoms. The molecule has 0 fully saturated rings. The molecule has 0 N–H and O–H groups in total. The van der Waals surface area contributed by atoms with E-state index in [0.717, 1.165) is 11.2 Å². The molecule has 150 valence electrons. The molecule has 0 saturated heterocycles. The zero-order chi connectivity index (χ0) is 21.5. The summed E-state index contributed by atoms with van der Waals surface area (Å²) in [6.07, 6.45) is -2.79. The second-order valence-electron chi connectivity index (χ2n) is 6.92. The van der Waals surface area contributed by atoms with Gasteiger partial charge in [0.1, 0.15) is 5.75 Å². The lowest BCUT2D eigenvalue weighted by Gasteiger charge is -2.15. The van der Waals surface area contributed by atoms with E-state index < -0.39 is 11.7 Å². The molecule has 3 nitrogen and oxygen atoms in total. The number of rotatable bonds is 3. The Labute approximate surface area is 171 Å². The first-order valence-corrected chi connectivity index (χ1v) is 9.17. The fourth-order valence-electron chi connectivity index (χ4n) is 3.73. The summed E-state index contributed by atoms with van der Waals surface area (Å²) in [5, 5.41) is 0.593. The van der Waals surface area contributed by atoms with Gasteiger partial charge in [0, 0.05) is 17.4 Å². The molecule has 0 unspecified atom stereocenters. The molecule has 30 heavy (non-hydrogen) atoms. The Morgan fingerprint density at radius 2 is 1.70 bits per heavy atom. The van der Waals surface area contributed by atoms with E-state index >= 15 is 0 Å². The van der Waals surface area contributed by atoms with Crippen LogP contribution in [0.1, 0.15) is 11.1 Å². The van der Waals surface area contributed by atoms with Crippen molar-refractivity contribution < 1.29 is 17.9 Å². The SMILES string of the molecule is [C-]#[N+]c1ccc2c(c1)c(-c1cccc(C)c1C(F)(F)F)cn2-c1ccc(OC)cc1. The quantitative estimate of drug-likeness (QED) is 0.330. The van der Waals surface area contributed by atoms with Gasteiger partial charge in [-0.1, -0.05) is 24.3 Å². The second kappa shape index (κ2) is 7.27. The van der Waals surface area contributed by atoms with E-state index in [1.54, 1.807) is 49.7 Å². The van der Waals surface area contributed by atoms with Gasteiger partial charge in [-0.05, 0) is 59.8 Å². The van der Waals surface area contributed by atoms with Crippen LogP contribution in [0.4, 0.5) is 18.9 Å². The van der Waals surface area contributed by atoms with E-state index in [4.69, 9.17) is 11.3 Å². The number of aryl methyl sites for hydroxylation is 1. The Morgan fingerprint density at radius 1 is 0.967 bits per heavy atom. The van der Waals surface area contributed by atoms with Crippen LogP contribution in [-0.2, 0) is 6.18 Å². The summed E-state index contributed by atoms with van der Waals surface area (Å²) in [5.74, 6) is 0.684. The molecule has 1 heterocycles. The first kappa shape index (κ1) is 19.6. The van der Waals surface area contributed by atoms with Gasteiger partial charge in [-0.3, -0.25) is 0 Å². The number of hydrogen-bond donors (Lipinski definition) is 0. The van der Waals surface area contributed by atoms with Gasteiger partial charge in [-0.2, -0.15) is 13.2 Å². The van der Waals surface area contributed by atoms with Gasteiger partial charge in [-0.25, -0.2) is 4.85 Å². The van der Waals surface area contributed by atoms with Crippen molar-refractivity contribution in [2.45, 2.75) is 13.1 Å². The second-order valence-corrected chi connectivity index (χ2v) is 6.92. The molecule has 0 bridgehead atoms. The Bertz CT molecular complexity index is 1280. The highest BCUT2D eigenvalue weighted by Gasteiger charge is 2.36. The molecule has 0 atom stereocenters. The summed E-state index contributed by atoms with van der Waals surface area (Å²) in [6.45, 7) is 8.77. The van der Waals surface area contributed by atoms with Crippen LogP contribution >= 0.6 is 0 Å². The van der Waals surface area contributed by atoms with Crippen LogP contribution in [0.3, 0.4) is 0 Å². The first-order chi connectivity index (χ1) is 14.3. The van der Waals surface area contributed by atoms with Crippen molar-refractivity contribution in [3.63, 3.8) is 0 Å². The molecular formula is C24H17F3N2O. The van der Waals surface area contributed by atoms with Crippen molar-refractivity contribution in [2.24, 2.45) is 0 Å². The van der Waals surface area contributed by atoms with Crippen LogP contribution in [-0.4, -0.2) is 11.7 Å². The number of methoxy groups -OCH3 is 1. The molecule has 0 amide bonds. The van der Waals surface area contributed by atoms with Crippen molar-refractivity contribution in [1.29, 1.82) is 0 Å². The summed E-state index contributed by atoms with van der Waals surface area (Å²) in [6, 6.07) is 16.9. The number of nitrogens with zero attached hydrogens (tertiary/aromatic N) is 2. The van der Waals surface area contributed by atoms with Crippen molar-refractivity contribution >= 4 is 16.6 Å². The van der Waals surface area contributed by atoms with Crippen LogP contribution in [0.5, 0.6) is 5.75 Å². The highest BCUT2D eigenvalue weighted by atomic mass is 19.4. The normalized spacial score (nSPS) is 11.5. The minimum atomic E-state index is -4.49. The van der Waals surface area contributed by atoms with Crippen molar-refractivity contribution in [2.75, 3.05) is 7.11 Å². The topological polar surface area (TPSA) is 18.5 Å².